The Morgan fingerprint density at radius 1 is 1.50 bits per heavy atom. The van der Waals surface area contributed by atoms with E-state index in [4.69, 9.17) is 10.9 Å². The van der Waals surface area contributed by atoms with Gasteiger partial charge in [0.1, 0.15) is 0 Å². The third-order valence-corrected chi connectivity index (χ3v) is 3.11. The van der Waals surface area contributed by atoms with E-state index in [-0.39, 0.29) is 5.84 Å². The molecule has 0 fully saturated rings. The van der Waals surface area contributed by atoms with Crippen molar-refractivity contribution < 1.29 is 5.21 Å². The number of amidine groups is 1. The maximum Gasteiger partial charge on any atom is 0.170 e. The number of aryl methyl sites for hydroxylation is 1. The fraction of sp³-hybridized carbons (Fsp3) is 0.500. The zero-order valence-corrected chi connectivity index (χ0v) is 11.4. The van der Waals surface area contributed by atoms with E-state index in [1.807, 2.05) is 25.1 Å². The summed E-state index contributed by atoms with van der Waals surface area (Å²) >= 11 is 0. The SMILES string of the molecule is CCCC(C)NCc1ccc(/C(N)=N/O)cc1C. The molecule has 1 aromatic rings. The van der Waals surface area contributed by atoms with Crippen LogP contribution < -0.4 is 11.1 Å². The number of nitrogens with one attached hydrogen (secondary N) is 1. The van der Waals surface area contributed by atoms with Gasteiger partial charge in [-0.25, -0.2) is 0 Å². The van der Waals surface area contributed by atoms with E-state index in [9.17, 15) is 0 Å². The lowest BCUT2D eigenvalue weighted by atomic mass is 10.0. The summed E-state index contributed by atoms with van der Waals surface area (Å²) in [5, 5.41) is 15.1. The first-order chi connectivity index (χ1) is 8.58. The lowest BCUT2D eigenvalue weighted by Gasteiger charge is -2.14. The fourth-order valence-electron chi connectivity index (χ4n) is 1.93. The van der Waals surface area contributed by atoms with Gasteiger partial charge in [0.25, 0.3) is 0 Å². The van der Waals surface area contributed by atoms with Gasteiger partial charge in [0.15, 0.2) is 5.84 Å². The minimum atomic E-state index is 0.150. The zero-order chi connectivity index (χ0) is 13.5. The highest BCUT2D eigenvalue weighted by molar-refractivity contribution is 5.97. The van der Waals surface area contributed by atoms with Crippen molar-refractivity contribution in [3.05, 3.63) is 34.9 Å². The van der Waals surface area contributed by atoms with Gasteiger partial charge in [0, 0.05) is 18.2 Å². The van der Waals surface area contributed by atoms with Gasteiger partial charge in [-0.15, -0.1) is 0 Å². The van der Waals surface area contributed by atoms with Crippen LogP contribution >= 0.6 is 0 Å². The highest BCUT2D eigenvalue weighted by Crippen LogP contribution is 2.11. The second-order valence-corrected chi connectivity index (χ2v) is 4.70. The number of benzene rings is 1. The van der Waals surface area contributed by atoms with Crippen LogP contribution in [0.3, 0.4) is 0 Å². The lowest BCUT2D eigenvalue weighted by molar-refractivity contribution is 0.318. The van der Waals surface area contributed by atoms with Gasteiger partial charge in [-0.1, -0.05) is 30.6 Å². The molecule has 4 heteroatoms. The summed E-state index contributed by atoms with van der Waals surface area (Å²) in [6, 6.07) is 6.37. The molecule has 0 aliphatic rings. The molecule has 0 spiro atoms. The van der Waals surface area contributed by atoms with Crippen molar-refractivity contribution in [1.82, 2.24) is 5.32 Å². The van der Waals surface area contributed by atoms with E-state index < -0.39 is 0 Å². The van der Waals surface area contributed by atoms with Crippen molar-refractivity contribution in [2.45, 2.75) is 46.2 Å². The summed E-state index contributed by atoms with van der Waals surface area (Å²) in [5.41, 5.74) is 8.70. The number of nitrogens with zero attached hydrogens (tertiary/aromatic N) is 1. The maximum atomic E-state index is 8.63. The molecule has 4 N–H and O–H groups in total. The Hall–Kier alpha value is -1.55. The van der Waals surface area contributed by atoms with Crippen molar-refractivity contribution in [3.8, 4) is 0 Å². The summed E-state index contributed by atoms with van der Waals surface area (Å²) in [6.07, 6.45) is 2.37. The molecular formula is C14H23N3O. The predicted molar refractivity (Wildman–Crippen MR) is 74.9 cm³/mol. The number of hydrogen-bond donors (Lipinski definition) is 3. The van der Waals surface area contributed by atoms with Gasteiger partial charge in [0.2, 0.25) is 0 Å². The van der Waals surface area contributed by atoms with Crippen molar-refractivity contribution in [2.24, 2.45) is 10.9 Å². The van der Waals surface area contributed by atoms with Crippen LogP contribution in [-0.2, 0) is 6.54 Å². The molecule has 0 bridgehead atoms. The zero-order valence-electron chi connectivity index (χ0n) is 11.4. The first-order valence-corrected chi connectivity index (χ1v) is 6.39. The number of hydrogen-bond acceptors (Lipinski definition) is 3. The average Bonchev–Trinajstić information content (AvgIpc) is 2.36. The molecule has 0 saturated carbocycles. The molecule has 0 amide bonds. The molecule has 0 saturated heterocycles. The van der Waals surface area contributed by atoms with Crippen LogP contribution in [0.15, 0.2) is 23.4 Å². The molecule has 100 valence electrons. The normalized spacial score (nSPS) is 13.6. The van der Waals surface area contributed by atoms with Crippen LogP contribution in [0.25, 0.3) is 0 Å². The Kier molecular flexibility index (Phi) is 5.65. The molecule has 1 aromatic carbocycles. The van der Waals surface area contributed by atoms with E-state index in [1.54, 1.807) is 0 Å². The van der Waals surface area contributed by atoms with E-state index in [0.717, 1.165) is 17.7 Å². The Morgan fingerprint density at radius 2 is 2.22 bits per heavy atom. The smallest absolute Gasteiger partial charge is 0.170 e. The van der Waals surface area contributed by atoms with E-state index >= 15 is 0 Å². The van der Waals surface area contributed by atoms with Gasteiger partial charge < -0.3 is 16.3 Å². The summed E-state index contributed by atoms with van der Waals surface area (Å²) < 4.78 is 0. The van der Waals surface area contributed by atoms with Crippen LogP contribution in [-0.4, -0.2) is 17.1 Å². The molecule has 1 rings (SSSR count). The summed E-state index contributed by atoms with van der Waals surface area (Å²) in [5.74, 6) is 0.150. The average molecular weight is 249 g/mol. The standard InChI is InChI=1S/C14H23N3O/c1-4-5-11(3)16-9-13-7-6-12(8-10(13)2)14(15)17-18/h6-8,11,16,18H,4-5,9H2,1-3H3,(H2,15,17). The summed E-state index contributed by atoms with van der Waals surface area (Å²) in [4.78, 5) is 0. The molecule has 1 atom stereocenters. The minimum absolute atomic E-state index is 0.150. The summed E-state index contributed by atoms with van der Waals surface area (Å²) in [6.45, 7) is 7.28. The first kappa shape index (κ1) is 14.5. The lowest BCUT2D eigenvalue weighted by Crippen LogP contribution is -2.25. The molecule has 0 aliphatic carbocycles. The number of nitrogens with two attached hydrogens (primary N) is 1. The largest absolute Gasteiger partial charge is 0.409 e. The summed E-state index contributed by atoms with van der Waals surface area (Å²) in [7, 11) is 0. The Morgan fingerprint density at radius 3 is 2.78 bits per heavy atom. The van der Waals surface area contributed by atoms with Crippen LogP contribution in [0.2, 0.25) is 0 Å². The molecule has 18 heavy (non-hydrogen) atoms. The first-order valence-electron chi connectivity index (χ1n) is 6.39. The van der Waals surface area contributed by atoms with Crippen LogP contribution in [0.5, 0.6) is 0 Å². The van der Waals surface area contributed by atoms with E-state index in [1.165, 1.54) is 18.4 Å². The molecule has 4 nitrogen and oxygen atoms in total. The third kappa shape index (κ3) is 4.04. The van der Waals surface area contributed by atoms with Crippen molar-refractivity contribution in [3.63, 3.8) is 0 Å². The van der Waals surface area contributed by atoms with Crippen molar-refractivity contribution >= 4 is 5.84 Å². The molecule has 0 aromatic heterocycles. The second-order valence-electron chi connectivity index (χ2n) is 4.70. The van der Waals surface area contributed by atoms with E-state index in [0.29, 0.717) is 6.04 Å². The quantitative estimate of drug-likeness (QED) is 0.314. The van der Waals surface area contributed by atoms with Crippen LogP contribution in [0.4, 0.5) is 0 Å². The maximum absolute atomic E-state index is 8.63. The molecule has 1 unspecified atom stereocenters. The Bertz CT molecular complexity index is 416. The van der Waals surface area contributed by atoms with Gasteiger partial charge >= 0.3 is 0 Å². The van der Waals surface area contributed by atoms with Gasteiger partial charge in [-0.2, -0.15) is 0 Å². The second kappa shape index (κ2) is 7.01. The van der Waals surface area contributed by atoms with Gasteiger partial charge in [-0.05, 0) is 37.5 Å². The Balaban J connectivity index is 2.68. The highest BCUT2D eigenvalue weighted by atomic mass is 16.4. The Labute approximate surface area is 109 Å². The predicted octanol–water partition coefficient (Wildman–Crippen LogP) is 2.37. The topological polar surface area (TPSA) is 70.6 Å². The third-order valence-electron chi connectivity index (χ3n) is 3.11. The molecule has 0 radical (unpaired) electrons. The van der Waals surface area contributed by atoms with Gasteiger partial charge in [0.05, 0.1) is 0 Å². The molecule has 0 heterocycles. The van der Waals surface area contributed by atoms with Crippen LogP contribution in [0.1, 0.15) is 43.4 Å². The van der Waals surface area contributed by atoms with E-state index in [2.05, 4.69) is 24.3 Å². The van der Waals surface area contributed by atoms with Gasteiger partial charge in [-0.3, -0.25) is 0 Å². The molecular weight excluding hydrogens is 226 g/mol. The fourth-order valence-corrected chi connectivity index (χ4v) is 1.93. The molecule has 0 aliphatic heterocycles. The monoisotopic (exact) mass is 249 g/mol. The highest BCUT2D eigenvalue weighted by Gasteiger charge is 2.05. The number of oxime groups is 1. The van der Waals surface area contributed by atoms with Crippen LogP contribution in [0, 0.1) is 6.92 Å². The van der Waals surface area contributed by atoms with Crippen molar-refractivity contribution in [1.29, 1.82) is 0 Å². The minimum Gasteiger partial charge on any atom is -0.409 e. The number of rotatable bonds is 6. The van der Waals surface area contributed by atoms with Crippen molar-refractivity contribution in [2.75, 3.05) is 0 Å².